The first-order valence-electron chi connectivity index (χ1n) is 9.01. The number of nitrogens with zero attached hydrogens (tertiary/aromatic N) is 1. The summed E-state index contributed by atoms with van der Waals surface area (Å²) in [6.07, 6.45) is 1.98. The number of rotatable bonds is 6. The number of anilines is 2. The summed E-state index contributed by atoms with van der Waals surface area (Å²) in [4.78, 5) is 12.9. The monoisotopic (exact) mass is 388 g/mol. The smallest absolute Gasteiger partial charge is 0.248 e. The van der Waals surface area contributed by atoms with Crippen LogP contribution in [0.5, 0.6) is 0 Å². The molecule has 0 bridgehead atoms. The SMILES string of the molecule is CCc1ccc(N([C@@H](C)C(=O)Nc2c(C)cc(C)cc2C)S(C)(=O)=O)cc1. The Morgan fingerprint density at radius 2 is 1.59 bits per heavy atom. The summed E-state index contributed by atoms with van der Waals surface area (Å²) in [6.45, 7) is 9.49. The summed E-state index contributed by atoms with van der Waals surface area (Å²) in [7, 11) is -3.63. The molecule has 2 rings (SSSR count). The molecule has 1 amide bonds. The lowest BCUT2D eigenvalue weighted by Gasteiger charge is -2.28. The number of carbonyl (C=O) groups excluding carboxylic acids is 1. The van der Waals surface area contributed by atoms with Crippen molar-refractivity contribution in [1.29, 1.82) is 0 Å². The summed E-state index contributed by atoms with van der Waals surface area (Å²) < 4.78 is 26.0. The van der Waals surface area contributed by atoms with Gasteiger partial charge in [-0.2, -0.15) is 0 Å². The van der Waals surface area contributed by atoms with Gasteiger partial charge in [-0.3, -0.25) is 9.10 Å². The minimum Gasteiger partial charge on any atom is -0.324 e. The highest BCUT2D eigenvalue weighted by molar-refractivity contribution is 7.92. The maximum Gasteiger partial charge on any atom is 0.248 e. The van der Waals surface area contributed by atoms with E-state index < -0.39 is 16.1 Å². The van der Waals surface area contributed by atoms with Gasteiger partial charge in [0.1, 0.15) is 6.04 Å². The van der Waals surface area contributed by atoms with Gasteiger partial charge in [-0.25, -0.2) is 8.42 Å². The van der Waals surface area contributed by atoms with Crippen LogP contribution in [0, 0.1) is 20.8 Å². The van der Waals surface area contributed by atoms with Crippen LogP contribution in [0.15, 0.2) is 36.4 Å². The zero-order valence-electron chi connectivity index (χ0n) is 16.8. The van der Waals surface area contributed by atoms with Crippen LogP contribution in [0.4, 0.5) is 11.4 Å². The Labute approximate surface area is 162 Å². The minimum atomic E-state index is -3.63. The number of benzene rings is 2. The molecule has 146 valence electrons. The minimum absolute atomic E-state index is 0.366. The van der Waals surface area contributed by atoms with Crippen molar-refractivity contribution in [2.75, 3.05) is 15.9 Å². The van der Waals surface area contributed by atoms with Crippen LogP contribution in [0.2, 0.25) is 0 Å². The predicted octanol–water partition coefficient (Wildman–Crippen LogP) is 3.97. The van der Waals surface area contributed by atoms with Crippen molar-refractivity contribution >= 4 is 27.3 Å². The Morgan fingerprint density at radius 3 is 2.04 bits per heavy atom. The van der Waals surface area contributed by atoms with E-state index in [9.17, 15) is 13.2 Å². The molecular weight excluding hydrogens is 360 g/mol. The molecule has 0 fully saturated rings. The summed E-state index contributed by atoms with van der Waals surface area (Å²) in [6, 6.07) is 10.3. The third-order valence-electron chi connectivity index (χ3n) is 4.61. The van der Waals surface area contributed by atoms with E-state index in [2.05, 4.69) is 5.32 Å². The lowest BCUT2D eigenvalue weighted by Crippen LogP contribution is -2.45. The van der Waals surface area contributed by atoms with Crippen LogP contribution >= 0.6 is 0 Å². The fourth-order valence-corrected chi connectivity index (χ4v) is 4.47. The van der Waals surface area contributed by atoms with E-state index in [0.29, 0.717) is 5.69 Å². The van der Waals surface area contributed by atoms with E-state index in [-0.39, 0.29) is 5.91 Å². The van der Waals surface area contributed by atoms with E-state index in [1.54, 1.807) is 19.1 Å². The number of hydrogen-bond donors (Lipinski definition) is 1. The molecule has 0 aromatic heterocycles. The van der Waals surface area contributed by atoms with Crippen LogP contribution in [-0.2, 0) is 21.2 Å². The van der Waals surface area contributed by atoms with Crippen LogP contribution in [0.25, 0.3) is 0 Å². The average molecular weight is 389 g/mol. The molecule has 1 atom stereocenters. The molecule has 0 heterocycles. The van der Waals surface area contributed by atoms with Crippen LogP contribution in [-0.4, -0.2) is 26.6 Å². The molecule has 27 heavy (non-hydrogen) atoms. The highest BCUT2D eigenvalue weighted by Gasteiger charge is 2.29. The lowest BCUT2D eigenvalue weighted by molar-refractivity contribution is -0.116. The van der Waals surface area contributed by atoms with E-state index in [1.807, 2.05) is 52.0 Å². The molecule has 1 N–H and O–H groups in total. The first-order valence-corrected chi connectivity index (χ1v) is 10.9. The largest absolute Gasteiger partial charge is 0.324 e. The first-order chi connectivity index (χ1) is 12.5. The summed E-state index contributed by atoms with van der Waals surface area (Å²) >= 11 is 0. The Kier molecular flexibility index (Phi) is 6.31. The molecule has 0 unspecified atom stereocenters. The fourth-order valence-electron chi connectivity index (χ4n) is 3.29. The van der Waals surface area contributed by atoms with Crippen molar-refractivity contribution in [3.63, 3.8) is 0 Å². The number of hydrogen-bond acceptors (Lipinski definition) is 3. The zero-order chi connectivity index (χ0) is 20.4. The van der Waals surface area contributed by atoms with Gasteiger partial charge in [0, 0.05) is 5.69 Å². The number of aryl methyl sites for hydroxylation is 4. The van der Waals surface area contributed by atoms with Crippen molar-refractivity contribution in [2.45, 2.75) is 47.1 Å². The Bertz CT molecular complexity index is 911. The van der Waals surface area contributed by atoms with Crippen molar-refractivity contribution in [2.24, 2.45) is 0 Å². The molecule has 2 aromatic rings. The number of amides is 1. The van der Waals surface area contributed by atoms with Crippen molar-refractivity contribution < 1.29 is 13.2 Å². The van der Waals surface area contributed by atoms with Gasteiger partial charge in [0.05, 0.1) is 11.9 Å². The van der Waals surface area contributed by atoms with Crippen LogP contribution in [0.3, 0.4) is 0 Å². The van der Waals surface area contributed by atoms with E-state index in [0.717, 1.165) is 40.6 Å². The molecule has 0 radical (unpaired) electrons. The maximum absolute atomic E-state index is 12.9. The molecule has 0 aliphatic carbocycles. The van der Waals surface area contributed by atoms with Crippen molar-refractivity contribution in [3.05, 3.63) is 58.7 Å². The number of carbonyl (C=O) groups is 1. The molecule has 5 nitrogen and oxygen atoms in total. The zero-order valence-corrected chi connectivity index (χ0v) is 17.6. The van der Waals surface area contributed by atoms with E-state index in [1.165, 1.54) is 4.31 Å². The second-order valence-electron chi connectivity index (χ2n) is 7.02. The van der Waals surface area contributed by atoms with Gasteiger partial charge in [-0.15, -0.1) is 0 Å². The van der Waals surface area contributed by atoms with Gasteiger partial charge in [0.15, 0.2) is 0 Å². The molecule has 0 aliphatic rings. The molecule has 0 saturated heterocycles. The van der Waals surface area contributed by atoms with Crippen molar-refractivity contribution in [3.8, 4) is 0 Å². The second-order valence-corrected chi connectivity index (χ2v) is 8.88. The van der Waals surface area contributed by atoms with Gasteiger partial charge < -0.3 is 5.32 Å². The summed E-state index contributed by atoms with van der Waals surface area (Å²) in [5.41, 5.74) is 5.33. The summed E-state index contributed by atoms with van der Waals surface area (Å²) in [5.74, 6) is -0.366. The predicted molar refractivity (Wildman–Crippen MR) is 112 cm³/mol. The van der Waals surface area contributed by atoms with Gasteiger partial charge >= 0.3 is 0 Å². The standard InChI is InChI=1S/C21H28N2O3S/c1-7-18-8-10-19(11-9-18)23(27(6,25)26)17(5)21(24)22-20-15(3)12-14(2)13-16(20)4/h8-13,17H,7H2,1-6H3,(H,22,24)/t17-/m0/s1. The highest BCUT2D eigenvalue weighted by atomic mass is 32.2. The van der Waals surface area contributed by atoms with E-state index >= 15 is 0 Å². The van der Waals surface area contributed by atoms with Gasteiger partial charge in [0.25, 0.3) is 0 Å². The molecule has 0 aliphatic heterocycles. The Hall–Kier alpha value is -2.34. The highest BCUT2D eigenvalue weighted by Crippen LogP contribution is 2.25. The number of nitrogens with one attached hydrogen (secondary N) is 1. The fraction of sp³-hybridized carbons (Fsp3) is 0.381. The van der Waals surface area contributed by atoms with Crippen LogP contribution in [0.1, 0.15) is 36.1 Å². The Balaban J connectivity index is 2.35. The molecule has 0 spiro atoms. The third kappa shape index (κ3) is 4.89. The molecular formula is C21H28N2O3S. The molecule has 2 aromatic carbocycles. The number of sulfonamides is 1. The third-order valence-corrected chi connectivity index (χ3v) is 5.85. The van der Waals surface area contributed by atoms with Crippen LogP contribution < -0.4 is 9.62 Å². The van der Waals surface area contributed by atoms with Gasteiger partial charge in [-0.05, 0) is 62.9 Å². The lowest BCUT2D eigenvalue weighted by atomic mass is 10.0. The maximum atomic E-state index is 12.9. The van der Waals surface area contributed by atoms with Gasteiger partial charge in [-0.1, -0.05) is 36.8 Å². The second kappa shape index (κ2) is 8.13. The summed E-state index contributed by atoms with van der Waals surface area (Å²) in [5, 5.41) is 2.91. The molecule has 6 heteroatoms. The normalized spacial score (nSPS) is 12.5. The average Bonchev–Trinajstić information content (AvgIpc) is 2.57. The topological polar surface area (TPSA) is 66.5 Å². The quantitative estimate of drug-likeness (QED) is 0.814. The van der Waals surface area contributed by atoms with Crippen molar-refractivity contribution in [1.82, 2.24) is 0 Å². The van der Waals surface area contributed by atoms with Gasteiger partial charge in [0.2, 0.25) is 15.9 Å². The molecule has 0 saturated carbocycles. The Morgan fingerprint density at radius 1 is 1.07 bits per heavy atom. The van der Waals surface area contributed by atoms with E-state index in [4.69, 9.17) is 0 Å². The first kappa shape index (κ1) is 21.0.